The van der Waals surface area contributed by atoms with Gasteiger partial charge in [-0.2, -0.15) is 0 Å². The zero-order chi connectivity index (χ0) is 15.7. The molecule has 3 rings (SSSR count). The van der Waals surface area contributed by atoms with E-state index in [4.69, 9.17) is 0 Å². The molecule has 124 valence electrons. The lowest BCUT2D eigenvalue weighted by Gasteiger charge is -2.35. The van der Waals surface area contributed by atoms with Crippen LogP contribution in [0.15, 0.2) is 42.5 Å². The van der Waals surface area contributed by atoms with Crippen LogP contribution < -0.4 is 17.3 Å². The molecule has 0 aliphatic carbocycles. The maximum atomic E-state index is 10.6. The molecule has 0 aromatic heterocycles. The number of rotatable bonds is 3. The van der Waals surface area contributed by atoms with Crippen molar-refractivity contribution in [1.82, 2.24) is 0 Å². The van der Waals surface area contributed by atoms with Gasteiger partial charge < -0.3 is 27.5 Å². The molecule has 3 nitrogen and oxygen atoms in total. The van der Waals surface area contributed by atoms with Gasteiger partial charge in [0.05, 0.1) is 6.54 Å². The van der Waals surface area contributed by atoms with Crippen molar-refractivity contribution in [2.45, 2.75) is 39.0 Å². The van der Waals surface area contributed by atoms with Gasteiger partial charge in [0, 0.05) is 12.0 Å². The van der Waals surface area contributed by atoms with Gasteiger partial charge >= 0.3 is 0 Å². The Morgan fingerprint density at radius 1 is 1.17 bits per heavy atom. The number of quaternary nitrogens is 1. The zero-order valence-electron chi connectivity index (χ0n) is 13.6. The third kappa shape index (κ3) is 3.69. The fraction of sp³-hybridized carbons (Fsp3) is 0.368. The van der Waals surface area contributed by atoms with Gasteiger partial charge in [0.15, 0.2) is 0 Å². The molecule has 2 aromatic carbocycles. The minimum atomic E-state index is -0.513. The van der Waals surface area contributed by atoms with Crippen LogP contribution in [-0.4, -0.2) is 22.8 Å². The average molecular weight is 334 g/mol. The fourth-order valence-electron chi connectivity index (χ4n) is 3.36. The van der Waals surface area contributed by atoms with Crippen LogP contribution in [0.4, 0.5) is 0 Å². The van der Waals surface area contributed by atoms with E-state index in [0.717, 1.165) is 36.2 Å². The Kier molecular flexibility index (Phi) is 5.69. The Morgan fingerprint density at radius 2 is 1.87 bits per heavy atom. The Hall–Kier alpha value is -1.55. The van der Waals surface area contributed by atoms with Crippen LogP contribution in [0.5, 0.6) is 5.75 Å². The standard InChI is InChI=1S/C19H23NO2.ClH/c1-13-10-16-12-20(9-8-15-6-4-3-5-7-15)14(2)19(22)17(16)11-18(13)21;/h3-7,10-11,14,19,21-22H,8-9,12H2,1-2H3;1H. The summed E-state index contributed by atoms with van der Waals surface area (Å²) in [4.78, 5) is 1.40. The number of aliphatic hydroxyl groups is 1. The van der Waals surface area contributed by atoms with E-state index in [0.29, 0.717) is 0 Å². The predicted octanol–water partition coefficient (Wildman–Crippen LogP) is -1.23. The molecule has 2 aromatic rings. The van der Waals surface area contributed by atoms with Crippen molar-refractivity contribution in [1.29, 1.82) is 0 Å². The van der Waals surface area contributed by atoms with E-state index in [2.05, 4.69) is 31.2 Å². The second kappa shape index (κ2) is 7.35. The first-order valence-electron chi connectivity index (χ1n) is 7.95. The molecule has 0 saturated heterocycles. The topological polar surface area (TPSA) is 44.9 Å². The third-order valence-electron chi connectivity index (χ3n) is 4.89. The van der Waals surface area contributed by atoms with Gasteiger partial charge in [-0.25, -0.2) is 0 Å². The molecular weight excluding hydrogens is 310 g/mol. The van der Waals surface area contributed by atoms with Gasteiger partial charge in [0.1, 0.15) is 24.4 Å². The van der Waals surface area contributed by atoms with Gasteiger partial charge in [-0.3, -0.25) is 0 Å². The number of hydrogen-bond acceptors (Lipinski definition) is 2. The summed E-state index contributed by atoms with van der Waals surface area (Å²) in [5.74, 6) is 0.276. The van der Waals surface area contributed by atoms with Crippen LogP contribution in [-0.2, 0) is 13.0 Å². The van der Waals surface area contributed by atoms with E-state index in [1.165, 1.54) is 10.5 Å². The smallest absolute Gasteiger partial charge is 0.131 e. The largest absolute Gasteiger partial charge is 1.00 e. The third-order valence-corrected chi connectivity index (χ3v) is 4.89. The quantitative estimate of drug-likeness (QED) is 0.658. The molecule has 3 N–H and O–H groups in total. The molecule has 3 unspecified atom stereocenters. The van der Waals surface area contributed by atoms with Crippen molar-refractivity contribution in [3.63, 3.8) is 0 Å². The number of fused-ring (bicyclic) bond motifs is 1. The number of halogens is 1. The first kappa shape index (κ1) is 17.8. The summed E-state index contributed by atoms with van der Waals surface area (Å²) in [6.45, 7) is 5.90. The molecular formula is C19H24ClNO2. The number of aryl methyl sites for hydroxylation is 1. The number of hydrogen-bond donors (Lipinski definition) is 3. The van der Waals surface area contributed by atoms with Gasteiger partial charge in [-0.05, 0) is 42.7 Å². The van der Waals surface area contributed by atoms with Crippen LogP contribution in [0, 0.1) is 6.92 Å². The summed E-state index contributed by atoms with van der Waals surface area (Å²) in [5.41, 5.74) is 4.26. The summed E-state index contributed by atoms with van der Waals surface area (Å²) in [7, 11) is 0. The molecule has 0 radical (unpaired) electrons. The first-order chi connectivity index (χ1) is 10.6. The van der Waals surface area contributed by atoms with Crippen LogP contribution in [0.3, 0.4) is 0 Å². The van der Waals surface area contributed by atoms with E-state index < -0.39 is 6.10 Å². The second-order valence-electron chi connectivity index (χ2n) is 6.39. The highest BCUT2D eigenvalue weighted by Crippen LogP contribution is 2.29. The van der Waals surface area contributed by atoms with Gasteiger partial charge in [0.2, 0.25) is 0 Å². The van der Waals surface area contributed by atoms with Crippen LogP contribution in [0.1, 0.15) is 35.3 Å². The number of benzene rings is 2. The molecule has 1 heterocycles. The van der Waals surface area contributed by atoms with Crippen LogP contribution >= 0.6 is 0 Å². The Balaban J connectivity index is 0.00000192. The lowest BCUT2D eigenvalue weighted by atomic mass is 9.90. The number of aliphatic hydroxyl groups excluding tert-OH is 1. The SMILES string of the molecule is Cc1cc2c(cc1O)C(O)C(C)[NH+](CCc1ccccc1)C2.[Cl-]. The van der Waals surface area contributed by atoms with Crippen molar-refractivity contribution in [2.24, 2.45) is 0 Å². The van der Waals surface area contributed by atoms with E-state index in [9.17, 15) is 10.2 Å². The van der Waals surface area contributed by atoms with E-state index in [1.807, 2.05) is 19.1 Å². The summed E-state index contributed by atoms with van der Waals surface area (Å²) in [6.07, 6.45) is 0.501. The van der Waals surface area contributed by atoms with E-state index in [-0.39, 0.29) is 24.2 Å². The summed E-state index contributed by atoms with van der Waals surface area (Å²) >= 11 is 0. The summed E-state index contributed by atoms with van der Waals surface area (Å²) < 4.78 is 0. The monoisotopic (exact) mass is 333 g/mol. The molecule has 0 saturated carbocycles. The van der Waals surface area contributed by atoms with Crippen molar-refractivity contribution in [3.05, 3.63) is 64.7 Å². The normalized spacial score (nSPS) is 23.0. The minimum Gasteiger partial charge on any atom is -1.00 e. The second-order valence-corrected chi connectivity index (χ2v) is 6.39. The molecule has 0 spiro atoms. The Labute approximate surface area is 144 Å². The van der Waals surface area contributed by atoms with E-state index >= 15 is 0 Å². The maximum absolute atomic E-state index is 10.6. The first-order valence-corrected chi connectivity index (χ1v) is 7.95. The summed E-state index contributed by atoms with van der Waals surface area (Å²) in [6, 6.07) is 14.4. The summed E-state index contributed by atoms with van der Waals surface area (Å²) in [5, 5.41) is 20.5. The van der Waals surface area contributed by atoms with Crippen LogP contribution in [0.25, 0.3) is 0 Å². The average Bonchev–Trinajstić information content (AvgIpc) is 2.53. The van der Waals surface area contributed by atoms with Crippen LogP contribution in [0.2, 0.25) is 0 Å². The highest BCUT2D eigenvalue weighted by atomic mass is 35.5. The molecule has 0 bridgehead atoms. The minimum absolute atomic E-state index is 0. The molecule has 4 heteroatoms. The molecule has 1 aliphatic heterocycles. The fourth-order valence-corrected chi connectivity index (χ4v) is 3.36. The lowest BCUT2D eigenvalue weighted by molar-refractivity contribution is -0.943. The lowest BCUT2D eigenvalue weighted by Crippen LogP contribution is -3.15. The molecule has 0 fully saturated rings. The number of aromatic hydroxyl groups is 1. The molecule has 0 amide bonds. The molecule has 23 heavy (non-hydrogen) atoms. The highest BCUT2D eigenvalue weighted by Gasteiger charge is 2.34. The van der Waals surface area contributed by atoms with E-state index in [1.54, 1.807) is 6.07 Å². The van der Waals surface area contributed by atoms with Crippen molar-refractivity contribution in [2.75, 3.05) is 6.54 Å². The molecule has 3 atom stereocenters. The van der Waals surface area contributed by atoms with Gasteiger partial charge in [-0.15, -0.1) is 0 Å². The van der Waals surface area contributed by atoms with Gasteiger partial charge in [-0.1, -0.05) is 30.3 Å². The number of phenols is 1. The van der Waals surface area contributed by atoms with Crippen molar-refractivity contribution in [3.8, 4) is 5.75 Å². The number of nitrogens with one attached hydrogen (secondary N) is 1. The zero-order valence-corrected chi connectivity index (χ0v) is 14.3. The predicted molar refractivity (Wildman–Crippen MR) is 86.9 cm³/mol. The Morgan fingerprint density at radius 3 is 2.57 bits per heavy atom. The number of phenolic OH excluding ortho intramolecular Hbond substituents is 1. The van der Waals surface area contributed by atoms with Crippen molar-refractivity contribution < 1.29 is 27.5 Å². The van der Waals surface area contributed by atoms with Gasteiger partial charge in [0.25, 0.3) is 0 Å². The highest BCUT2D eigenvalue weighted by molar-refractivity contribution is 5.42. The molecule has 1 aliphatic rings. The Bertz CT molecular complexity index is 660. The maximum Gasteiger partial charge on any atom is 0.131 e. The van der Waals surface area contributed by atoms with Crippen molar-refractivity contribution >= 4 is 0 Å².